The van der Waals surface area contributed by atoms with E-state index < -0.39 is 0 Å². The van der Waals surface area contributed by atoms with Crippen LogP contribution < -0.4 is 10.1 Å². The molecule has 2 nitrogen and oxygen atoms in total. The van der Waals surface area contributed by atoms with Gasteiger partial charge in [-0.25, -0.2) is 0 Å². The molecule has 1 aromatic carbocycles. The van der Waals surface area contributed by atoms with Crippen LogP contribution in [-0.4, -0.2) is 13.7 Å². The largest absolute Gasteiger partial charge is 0.497 e. The van der Waals surface area contributed by atoms with Gasteiger partial charge in [0.15, 0.2) is 0 Å². The van der Waals surface area contributed by atoms with Crippen LogP contribution in [0.3, 0.4) is 0 Å². The first kappa shape index (κ1) is 14.4. The Balaban J connectivity index is 1.94. The molecule has 0 spiro atoms. The average molecular weight is 261 g/mol. The van der Waals surface area contributed by atoms with Gasteiger partial charge in [0, 0.05) is 6.04 Å². The highest BCUT2D eigenvalue weighted by atomic mass is 16.5. The normalized spacial score (nSPS) is 18.4. The highest BCUT2D eigenvalue weighted by Crippen LogP contribution is 2.32. The van der Waals surface area contributed by atoms with Crippen molar-refractivity contribution in [2.75, 3.05) is 13.7 Å². The molecule has 0 aliphatic heterocycles. The molecule has 19 heavy (non-hydrogen) atoms. The molecule has 0 fully saturated rings. The summed E-state index contributed by atoms with van der Waals surface area (Å²) in [4.78, 5) is 0. The van der Waals surface area contributed by atoms with Gasteiger partial charge in [-0.3, -0.25) is 0 Å². The number of nitrogens with one attached hydrogen (secondary N) is 1. The molecule has 2 rings (SSSR count). The minimum Gasteiger partial charge on any atom is -0.497 e. The summed E-state index contributed by atoms with van der Waals surface area (Å²) in [5.41, 5.74) is 2.95. The summed E-state index contributed by atoms with van der Waals surface area (Å²) in [6, 6.07) is 7.08. The Bertz CT molecular complexity index is 400. The van der Waals surface area contributed by atoms with Crippen LogP contribution >= 0.6 is 0 Å². The second-order valence-corrected chi connectivity index (χ2v) is 6.00. The van der Waals surface area contributed by atoms with Crippen LogP contribution in [-0.2, 0) is 6.42 Å². The van der Waals surface area contributed by atoms with Crippen molar-refractivity contribution in [3.05, 3.63) is 29.3 Å². The SMILES string of the molecule is COc1ccc2c(c1)CCCC2NCCCC(C)C. The van der Waals surface area contributed by atoms with Crippen LogP contribution in [0.2, 0.25) is 0 Å². The van der Waals surface area contributed by atoms with Crippen LogP contribution in [0.1, 0.15) is 56.7 Å². The van der Waals surface area contributed by atoms with E-state index in [1.807, 2.05) is 0 Å². The number of rotatable bonds is 6. The summed E-state index contributed by atoms with van der Waals surface area (Å²) in [7, 11) is 1.74. The highest BCUT2D eigenvalue weighted by molar-refractivity contribution is 5.39. The summed E-state index contributed by atoms with van der Waals surface area (Å²) in [5, 5.41) is 3.73. The number of fused-ring (bicyclic) bond motifs is 1. The van der Waals surface area contributed by atoms with Gasteiger partial charge in [-0.1, -0.05) is 19.9 Å². The van der Waals surface area contributed by atoms with Gasteiger partial charge in [0.2, 0.25) is 0 Å². The third-order valence-corrected chi connectivity index (χ3v) is 4.01. The Morgan fingerprint density at radius 3 is 2.95 bits per heavy atom. The van der Waals surface area contributed by atoms with E-state index in [1.54, 1.807) is 7.11 Å². The molecule has 1 aliphatic carbocycles. The number of methoxy groups -OCH3 is 1. The molecule has 0 radical (unpaired) electrons. The van der Waals surface area contributed by atoms with Crippen molar-refractivity contribution in [1.82, 2.24) is 5.32 Å². The van der Waals surface area contributed by atoms with Gasteiger partial charge in [-0.15, -0.1) is 0 Å². The lowest BCUT2D eigenvalue weighted by atomic mass is 9.87. The van der Waals surface area contributed by atoms with Crippen molar-refractivity contribution in [3.8, 4) is 5.75 Å². The zero-order valence-electron chi connectivity index (χ0n) is 12.5. The lowest BCUT2D eigenvalue weighted by molar-refractivity contribution is 0.409. The standard InChI is InChI=1S/C17H27NO/c1-13(2)6-5-11-18-17-8-4-7-14-12-15(19-3)9-10-16(14)17/h9-10,12-13,17-18H,4-8,11H2,1-3H3. The lowest BCUT2D eigenvalue weighted by Gasteiger charge is -2.27. The third kappa shape index (κ3) is 3.97. The van der Waals surface area contributed by atoms with E-state index in [2.05, 4.69) is 37.4 Å². The fraction of sp³-hybridized carbons (Fsp3) is 0.647. The summed E-state index contributed by atoms with van der Waals surface area (Å²) in [6.07, 6.45) is 6.33. The van der Waals surface area contributed by atoms with Crippen molar-refractivity contribution in [3.63, 3.8) is 0 Å². The van der Waals surface area contributed by atoms with Crippen molar-refractivity contribution < 1.29 is 4.74 Å². The quantitative estimate of drug-likeness (QED) is 0.778. The Labute approximate surface area is 117 Å². The molecule has 0 saturated heterocycles. The molecule has 0 amide bonds. The van der Waals surface area contributed by atoms with Crippen molar-refractivity contribution in [1.29, 1.82) is 0 Å². The topological polar surface area (TPSA) is 21.3 Å². The first-order valence-electron chi connectivity index (χ1n) is 7.61. The van der Waals surface area contributed by atoms with Crippen LogP contribution in [0.25, 0.3) is 0 Å². The van der Waals surface area contributed by atoms with E-state index in [9.17, 15) is 0 Å². The van der Waals surface area contributed by atoms with Crippen molar-refractivity contribution in [2.24, 2.45) is 5.92 Å². The minimum atomic E-state index is 0.543. The zero-order chi connectivity index (χ0) is 13.7. The molecule has 0 bridgehead atoms. The average Bonchev–Trinajstić information content (AvgIpc) is 2.42. The van der Waals surface area contributed by atoms with Gasteiger partial charge in [-0.2, -0.15) is 0 Å². The molecule has 1 atom stereocenters. The maximum absolute atomic E-state index is 5.32. The molecule has 0 saturated carbocycles. The van der Waals surface area contributed by atoms with Gasteiger partial charge in [0.1, 0.15) is 5.75 Å². The van der Waals surface area contributed by atoms with Crippen LogP contribution in [0, 0.1) is 5.92 Å². The molecule has 1 unspecified atom stereocenters. The summed E-state index contributed by atoms with van der Waals surface area (Å²) in [5.74, 6) is 1.80. The Hall–Kier alpha value is -1.02. The fourth-order valence-corrected chi connectivity index (χ4v) is 2.92. The summed E-state index contributed by atoms with van der Waals surface area (Å²) < 4.78 is 5.32. The molecule has 0 heterocycles. The van der Waals surface area contributed by atoms with Gasteiger partial charge in [0.05, 0.1) is 7.11 Å². The van der Waals surface area contributed by atoms with Crippen molar-refractivity contribution in [2.45, 2.75) is 52.0 Å². The molecule has 1 aromatic rings. The fourth-order valence-electron chi connectivity index (χ4n) is 2.92. The number of hydrogen-bond donors (Lipinski definition) is 1. The molecule has 1 N–H and O–H groups in total. The van der Waals surface area contributed by atoms with E-state index in [4.69, 9.17) is 4.74 Å². The summed E-state index contributed by atoms with van der Waals surface area (Å²) >= 11 is 0. The number of hydrogen-bond acceptors (Lipinski definition) is 2. The Kier molecular flexibility index (Phi) is 5.26. The van der Waals surface area contributed by atoms with Gasteiger partial charge < -0.3 is 10.1 Å². The second kappa shape index (κ2) is 6.95. The van der Waals surface area contributed by atoms with Gasteiger partial charge >= 0.3 is 0 Å². The maximum Gasteiger partial charge on any atom is 0.119 e. The molecule has 2 heteroatoms. The van der Waals surface area contributed by atoms with Gasteiger partial charge in [-0.05, 0) is 67.8 Å². The Morgan fingerprint density at radius 1 is 1.37 bits per heavy atom. The van der Waals surface area contributed by atoms with Crippen LogP contribution in [0.15, 0.2) is 18.2 Å². The van der Waals surface area contributed by atoms with Gasteiger partial charge in [0.25, 0.3) is 0 Å². The molecular formula is C17H27NO. The minimum absolute atomic E-state index is 0.543. The smallest absolute Gasteiger partial charge is 0.119 e. The van der Waals surface area contributed by atoms with Crippen LogP contribution in [0.5, 0.6) is 5.75 Å². The second-order valence-electron chi connectivity index (χ2n) is 6.00. The zero-order valence-corrected chi connectivity index (χ0v) is 12.5. The van der Waals surface area contributed by atoms with Crippen molar-refractivity contribution >= 4 is 0 Å². The molecule has 0 aromatic heterocycles. The molecule has 1 aliphatic rings. The highest BCUT2D eigenvalue weighted by Gasteiger charge is 2.19. The number of benzene rings is 1. The van der Waals surface area contributed by atoms with E-state index in [-0.39, 0.29) is 0 Å². The predicted octanol–water partition coefficient (Wildman–Crippen LogP) is 4.10. The summed E-state index contributed by atoms with van der Waals surface area (Å²) in [6.45, 7) is 5.72. The van der Waals surface area contributed by atoms with E-state index in [0.717, 1.165) is 18.2 Å². The monoisotopic (exact) mass is 261 g/mol. The maximum atomic E-state index is 5.32. The molecule has 106 valence electrons. The first-order valence-corrected chi connectivity index (χ1v) is 7.61. The number of aryl methyl sites for hydroxylation is 1. The molecular weight excluding hydrogens is 234 g/mol. The lowest BCUT2D eigenvalue weighted by Crippen LogP contribution is -2.26. The predicted molar refractivity (Wildman–Crippen MR) is 80.7 cm³/mol. The van der Waals surface area contributed by atoms with E-state index in [0.29, 0.717) is 6.04 Å². The van der Waals surface area contributed by atoms with E-state index in [1.165, 1.54) is 43.2 Å². The number of ether oxygens (including phenoxy) is 1. The Morgan fingerprint density at radius 2 is 2.21 bits per heavy atom. The third-order valence-electron chi connectivity index (χ3n) is 4.01. The first-order chi connectivity index (χ1) is 9.20. The van der Waals surface area contributed by atoms with E-state index >= 15 is 0 Å². The van der Waals surface area contributed by atoms with Crippen LogP contribution in [0.4, 0.5) is 0 Å².